The van der Waals surface area contributed by atoms with Crippen LogP contribution in [0.3, 0.4) is 0 Å². The van der Waals surface area contributed by atoms with Crippen molar-refractivity contribution in [1.29, 1.82) is 0 Å². The smallest absolute Gasteiger partial charge is 0.332 e. The highest BCUT2D eigenvalue weighted by Gasteiger charge is 2.24. The number of carbonyl (C=O) groups is 1. The van der Waals surface area contributed by atoms with E-state index in [1.165, 1.54) is 4.57 Å². The first kappa shape index (κ1) is 15.9. The zero-order valence-corrected chi connectivity index (χ0v) is 14.2. The standard InChI is InChI=1S/C14H19N5O3S/c1-4-17(5-2)9(20)8-19-12(21)10-11(16(3)14(19)22)15-13-18(10)6-7-23-13/h4-8H2,1-3H3. The second kappa shape index (κ2) is 5.88. The topological polar surface area (TPSA) is 82.1 Å². The average molecular weight is 337 g/mol. The molecule has 1 aliphatic rings. The monoisotopic (exact) mass is 337 g/mol. The number of nitrogens with zero attached hydrogens (tertiary/aromatic N) is 5. The number of rotatable bonds is 4. The number of aromatic nitrogens is 4. The lowest BCUT2D eigenvalue weighted by molar-refractivity contribution is -0.131. The van der Waals surface area contributed by atoms with Gasteiger partial charge in [-0.1, -0.05) is 11.8 Å². The van der Waals surface area contributed by atoms with Gasteiger partial charge in [0.25, 0.3) is 5.56 Å². The van der Waals surface area contributed by atoms with Gasteiger partial charge in [-0.15, -0.1) is 0 Å². The third-order valence-electron chi connectivity index (χ3n) is 4.15. The van der Waals surface area contributed by atoms with E-state index in [1.807, 2.05) is 18.4 Å². The highest BCUT2D eigenvalue weighted by molar-refractivity contribution is 7.99. The molecule has 0 fully saturated rings. The predicted octanol–water partition coefficient (Wildman–Crippen LogP) is -0.129. The van der Waals surface area contributed by atoms with Gasteiger partial charge in [0.1, 0.15) is 6.54 Å². The molecule has 2 aromatic heterocycles. The Hall–Kier alpha value is -2.03. The second-order valence-electron chi connectivity index (χ2n) is 5.37. The van der Waals surface area contributed by atoms with Crippen molar-refractivity contribution in [2.24, 2.45) is 7.05 Å². The first-order chi connectivity index (χ1) is 11.0. The van der Waals surface area contributed by atoms with E-state index >= 15 is 0 Å². The first-order valence-electron chi connectivity index (χ1n) is 7.60. The normalized spacial score (nSPS) is 13.5. The summed E-state index contributed by atoms with van der Waals surface area (Å²) in [5, 5.41) is 0.750. The molecule has 2 aromatic rings. The van der Waals surface area contributed by atoms with Crippen LogP contribution < -0.4 is 11.2 Å². The molecule has 8 nitrogen and oxygen atoms in total. The molecule has 1 aliphatic heterocycles. The van der Waals surface area contributed by atoms with E-state index in [9.17, 15) is 14.4 Å². The first-order valence-corrected chi connectivity index (χ1v) is 8.58. The van der Waals surface area contributed by atoms with Crippen molar-refractivity contribution in [1.82, 2.24) is 23.6 Å². The lowest BCUT2D eigenvalue weighted by Crippen LogP contribution is -2.44. The van der Waals surface area contributed by atoms with Crippen molar-refractivity contribution in [3.8, 4) is 0 Å². The molecule has 0 aromatic carbocycles. The SMILES string of the molecule is CCN(CC)C(=O)Cn1c(=O)c2c(nc3n2CCS3)n(C)c1=O. The summed E-state index contributed by atoms with van der Waals surface area (Å²) in [5.41, 5.74) is -0.164. The summed E-state index contributed by atoms with van der Waals surface area (Å²) in [5.74, 6) is 0.628. The molecule has 124 valence electrons. The van der Waals surface area contributed by atoms with Crippen LogP contribution in [-0.4, -0.2) is 48.3 Å². The van der Waals surface area contributed by atoms with Gasteiger partial charge in [-0.05, 0) is 13.8 Å². The molecule has 3 rings (SSSR count). The number of hydrogen-bond donors (Lipinski definition) is 0. The highest BCUT2D eigenvalue weighted by Crippen LogP contribution is 2.27. The number of imidazole rings is 1. The minimum atomic E-state index is -0.509. The molecule has 0 unspecified atom stereocenters. The van der Waals surface area contributed by atoms with Crippen molar-refractivity contribution in [3.63, 3.8) is 0 Å². The van der Waals surface area contributed by atoms with Crippen LogP contribution in [0.4, 0.5) is 0 Å². The van der Waals surface area contributed by atoms with Crippen LogP contribution in [0.2, 0.25) is 0 Å². The Balaban J connectivity index is 2.16. The molecular weight excluding hydrogens is 318 g/mol. The Morgan fingerprint density at radius 1 is 1.30 bits per heavy atom. The average Bonchev–Trinajstić information content (AvgIpc) is 3.11. The van der Waals surface area contributed by atoms with Gasteiger partial charge in [0.05, 0.1) is 0 Å². The Morgan fingerprint density at radius 2 is 2.00 bits per heavy atom. The Morgan fingerprint density at radius 3 is 2.65 bits per heavy atom. The number of fused-ring (bicyclic) bond motifs is 3. The van der Waals surface area contributed by atoms with Crippen molar-refractivity contribution >= 4 is 28.8 Å². The molecule has 23 heavy (non-hydrogen) atoms. The van der Waals surface area contributed by atoms with E-state index < -0.39 is 11.2 Å². The zero-order valence-electron chi connectivity index (χ0n) is 13.4. The van der Waals surface area contributed by atoms with Crippen LogP contribution in [-0.2, 0) is 24.9 Å². The number of amides is 1. The summed E-state index contributed by atoms with van der Waals surface area (Å²) in [6.07, 6.45) is 0. The lowest BCUT2D eigenvalue weighted by Gasteiger charge is -2.19. The molecule has 0 atom stereocenters. The molecular formula is C14H19N5O3S. The largest absolute Gasteiger partial charge is 0.342 e. The van der Waals surface area contributed by atoms with E-state index in [1.54, 1.807) is 23.7 Å². The summed E-state index contributed by atoms with van der Waals surface area (Å²) in [6, 6.07) is 0. The van der Waals surface area contributed by atoms with Gasteiger partial charge in [-0.2, -0.15) is 0 Å². The van der Waals surface area contributed by atoms with Crippen LogP contribution >= 0.6 is 11.8 Å². The third-order valence-corrected chi connectivity index (χ3v) is 5.11. The molecule has 1 amide bonds. The summed E-state index contributed by atoms with van der Waals surface area (Å²) in [6.45, 7) is 5.28. The quantitative estimate of drug-likeness (QED) is 0.776. The summed E-state index contributed by atoms with van der Waals surface area (Å²) >= 11 is 1.56. The predicted molar refractivity (Wildman–Crippen MR) is 87.9 cm³/mol. The molecule has 9 heteroatoms. The lowest BCUT2D eigenvalue weighted by atomic mass is 10.4. The van der Waals surface area contributed by atoms with Gasteiger partial charge >= 0.3 is 5.69 Å². The van der Waals surface area contributed by atoms with Crippen LogP contribution in [0, 0.1) is 0 Å². The Labute approximate surface area is 136 Å². The Kier molecular flexibility index (Phi) is 4.05. The molecule has 0 saturated carbocycles. The summed E-state index contributed by atoms with van der Waals surface area (Å²) in [7, 11) is 1.58. The molecule has 0 spiro atoms. The van der Waals surface area contributed by atoms with Crippen molar-refractivity contribution in [3.05, 3.63) is 20.8 Å². The fourth-order valence-electron chi connectivity index (χ4n) is 2.85. The molecule has 0 aliphatic carbocycles. The van der Waals surface area contributed by atoms with Gasteiger partial charge < -0.3 is 9.47 Å². The molecule has 0 saturated heterocycles. The Bertz CT molecular complexity index is 890. The molecule has 0 N–H and O–H groups in total. The maximum absolute atomic E-state index is 12.8. The van der Waals surface area contributed by atoms with E-state index in [0.29, 0.717) is 30.8 Å². The van der Waals surface area contributed by atoms with Crippen LogP contribution in [0.15, 0.2) is 14.7 Å². The number of aryl methyl sites for hydroxylation is 2. The molecule has 3 heterocycles. The number of likely N-dealkylation sites (N-methyl/N-ethyl adjacent to an activating group) is 1. The summed E-state index contributed by atoms with van der Waals surface area (Å²) in [4.78, 5) is 43.5. The maximum atomic E-state index is 12.8. The minimum absolute atomic E-state index is 0.232. The maximum Gasteiger partial charge on any atom is 0.332 e. The van der Waals surface area contributed by atoms with Crippen molar-refractivity contribution < 1.29 is 4.79 Å². The number of carbonyl (C=O) groups excluding carboxylic acids is 1. The van der Waals surface area contributed by atoms with Gasteiger partial charge in [0.15, 0.2) is 16.3 Å². The molecule has 0 bridgehead atoms. The number of thioether (sulfide) groups is 1. The van der Waals surface area contributed by atoms with Crippen LogP contribution in [0.5, 0.6) is 0 Å². The fourth-order valence-corrected chi connectivity index (χ4v) is 3.79. The molecule has 0 radical (unpaired) electrons. The third kappa shape index (κ3) is 2.39. The van der Waals surface area contributed by atoms with Crippen molar-refractivity contribution in [2.75, 3.05) is 18.8 Å². The minimum Gasteiger partial charge on any atom is -0.342 e. The van der Waals surface area contributed by atoms with Crippen LogP contribution in [0.25, 0.3) is 11.2 Å². The van der Waals surface area contributed by atoms with Crippen LogP contribution in [0.1, 0.15) is 13.8 Å². The second-order valence-corrected chi connectivity index (χ2v) is 6.43. The van der Waals surface area contributed by atoms with Gasteiger partial charge in [-0.25, -0.2) is 14.3 Å². The summed E-state index contributed by atoms with van der Waals surface area (Å²) < 4.78 is 4.19. The van der Waals surface area contributed by atoms with E-state index in [4.69, 9.17) is 0 Å². The zero-order chi connectivity index (χ0) is 16.7. The fraction of sp³-hybridized carbons (Fsp3) is 0.571. The van der Waals surface area contributed by atoms with E-state index in [0.717, 1.165) is 15.5 Å². The van der Waals surface area contributed by atoms with Gasteiger partial charge in [0, 0.05) is 32.4 Å². The van der Waals surface area contributed by atoms with Gasteiger partial charge in [-0.3, -0.25) is 14.2 Å². The highest BCUT2D eigenvalue weighted by atomic mass is 32.2. The van der Waals surface area contributed by atoms with E-state index in [2.05, 4.69) is 4.98 Å². The van der Waals surface area contributed by atoms with Crippen molar-refractivity contribution in [2.45, 2.75) is 32.1 Å². The number of hydrogen-bond acceptors (Lipinski definition) is 5. The van der Waals surface area contributed by atoms with Gasteiger partial charge in [0.2, 0.25) is 5.91 Å². The van der Waals surface area contributed by atoms with E-state index in [-0.39, 0.29) is 12.5 Å².